The first-order valence-electron chi connectivity index (χ1n) is 4.63. The monoisotopic (exact) mass is 287 g/mol. The molecule has 2 unspecified atom stereocenters. The van der Waals surface area contributed by atoms with Gasteiger partial charge in [-0.1, -0.05) is 0 Å². The number of hydrogen-bond acceptors (Lipinski definition) is 2. The third-order valence-electron chi connectivity index (χ3n) is 3.41. The quantitative estimate of drug-likeness (QED) is 0.587. The van der Waals surface area contributed by atoms with Gasteiger partial charge in [0, 0.05) is 5.56 Å². The van der Waals surface area contributed by atoms with Gasteiger partial charge in [0.1, 0.15) is 9.45 Å². The third-order valence-corrected chi connectivity index (χ3v) is 4.27. The lowest BCUT2D eigenvalue weighted by Gasteiger charge is -2.30. The molecule has 0 amide bonds. The topological polar surface area (TPSA) is 33.1 Å². The molecule has 0 saturated heterocycles. The fraction of sp³-hybridized carbons (Fsp3) is 0.500. The summed E-state index contributed by atoms with van der Waals surface area (Å²) in [6, 6.07) is 0. The first-order valence-corrected chi connectivity index (χ1v) is 5.71. The maximum atomic E-state index is 9.65. The molecule has 0 spiro atoms. The fourth-order valence-corrected chi connectivity index (χ4v) is 3.44. The number of pyridine rings is 1. The Morgan fingerprint density at radius 3 is 3.00 bits per heavy atom. The van der Waals surface area contributed by atoms with Crippen LogP contribution in [0.4, 0.5) is 0 Å². The van der Waals surface area contributed by atoms with Gasteiger partial charge >= 0.3 is 0 Å². The molecule has 1 saturated carbocycles. The second kappa shape index (κ2) is 2.59. The average molecular weight is 287 g/mol. The number of rotatable bonds is 0. The van der Waals surface area contributed by atoms with E-state index < -0.39 is 0 Å². The number of nitrogens with zero attached hydrogens (tertiary/aromatic N) is 1. The van der Waals surface area contributed by atoms with E-state index in [-0.39, 0.29) is 0 Å². The summed E-state index contributed by atoms with van der Waals surface area (Å²) in [5.41, 5.74) is 2.52. The van der Waals surface area contributed by atoms with Crippen molar-refractivity contribution in [2.45, 2.75) is 25.2 Å². The molecule has 0 aromatic carbocycles. The van der Waals surface area contributed by atoms with Gasteiger partial charge in [0.25, 0.3) is 0 Å². The molecular formula is C10H10INO. The van der Waals surface area contributed by atoms with Gasteiger partial charge in [-0.15, -0.1) is 0 Å². The molecule has 1 aromatic heterocycles. The van der Waals surface area contributed by atoms with Crippen LogP contribution in [0.5, 0.6) is 5.75 Å². The van der Waals surface area contributed by atoms with E-state index in [4.69, 9.17) is 0 Å². The highest BCUT2D eigenvalue weighted by molar-refractivity contribution is 14.1. The Morgan fingerprint density at radius 2 is 2.31 bits per heavy atom. The van der Waals surface area contributed by atoms with Crippen LogP contribution in [-0.2, 0) is 6.42 Å². The van der Waals surface area contributed by atoms with Crippen molar-refractivity contribution in [3.63, 3.8) is 0 Å². The highest BCUT2D eigenvalue weighted by Gasteiger charge is 2.41. The summed E-state index contributed by atoms with van der Waals surface area (Å²) < 4.78 is 1.10. The minimum Gasteiger partial charge on any atom is -0.506 e. The van der Waals surface area contributed by atoms with Crippen LogP contribution in [0.3, 0.4) is 0 Å². The largest absolute Gasteiger partial charge is 0.506 e. The Bertz CT molecular complexity index is 377. The van der Waals surface area contributed by atoms with Crippen LogP contribution in [0, 0.1) is 9.62 Å². The Labute approximate surface area is 90.5 Å². The van der Waals surface area contributed by atoms with Gasteiger partial charge in [-0.25, -0.2) is 4.98 Å². The van der Waals surface area contributed by atoms with Crippen molar-refractivity contribution in [2.24, 2.45) is 5.92 Å². The van der Waals surface area contributed by atoms with E-state index in [0.717, 1.165) is 16.0 Å². The van der Waals surface area contributed by atoms with Crippen molar-refractivity contribution >= 4 is 22.6 Å². The maximum absolute atomic E-state index is 9.65. The molecule has 2 aliphatic carbocycles. The Hall–Kier alpha value is -0.320. The van der Waals surface area contributed by atoms with Gasteiger partial charge in [-0.2, -0.15) is 0 Å². The van der Waals surface area contributed by atoms with Crippen molar-refractivity contribution in [2.75, 3.05) is 0 Å². The minimum atomic E-state index is 0.407. The summed E-state index contributed by atoms with van der Waals surface area (Å²) in [6.07, 6.45) is 5.28. The van der Waals surface area contributed by atoms with Gasteiger partial charge in [-0.3, -0.25) is 0 Å². The zero-order chi connectivity index (χ0) is 9.00. The van der Waals surface area contributed by atoms with Crippen LogP contribution < -0.4 is 0 Å². The summed E-state index contributed by atoms with van der Waals surface area (Å²) in [5.74, 6) is 1.92. The van der Waals surface area contributed by atoms with Gasteiger partial charge in [0.05, 0.1) is 6.20 Å². The molecule has 2 atom stereocenters. The Kier molecular flexibility index (Phi) is 1.60. The van der Waals surface area contributed by atoms with E-state index >= 15 is 0 Å². The van der Waals surface area contributed by atoms with Crippen molar-refractivity contribution in [3.8, 4) is 5.75 Å². The molecule has 1 N–H and O–H groups in total. The number of aromatic hydroxyl groups is 1. The van der Waals surface area contributed by atoms with Crippen LogP contribution in [-0.4, -0.2) is 10.1 Å². The standard InChI is InChI=1S/C10H10INO/c11-10-9-6-2-1-5(6)3-7(9)8(13)4-12-10/h4-6,13H,1-3H2. The third kappa shape index (κ3) is 0.965. The number of fused-ring (bicyclic) bond motifs is 3. The summed E-state index contributed by atoms with van der Waals surface area (Å²) in [7, 11) is 0. The first kappa shape index (κ1) is 8.03. The lowest BCUT2D eigenvalue weighted by Crippen LogP contribution is -2.19. The Balaban J connectivity index is 2.21. The van der Waals surface area contributed by atoms with E-state index in [2.05, 4.69) is 27.6 Å². The van der Waals surface area contributed by atoms with Gasteiger partial charge in [0.15, 0.2) is 0 Å². The summed E-state index contributed by atoms with van der Waals surface area (Å²) >= 11 is 2.28. The minimum absolute atomic E-state index is 0.407. The van der Waals surface area contributed by atoms with Crippen LogP contribution in [0.15, 0.2) is 6.20 Å². The van der Waals surface area contributed by atoms with E-state index in [9.17, 15) is 5.11 Å². The normalized spacial score (nSPS) is 29.3. The molecule has 0 aliphatic heterocycles. The van der Waals surface area contributed by atoms with Crippen LogP contribution in [0.2, 0.25) is 0 Å². The fourth-order valence-electron chi connectivity index (χ4n) is 2.57. The summed E-state index contributed by atoms with van der Waals surface area (Å²) in [5, 5.41) is 9.65. The summed E-state index contributed by atoms with van der Waals surface area (Å²) in [6.45, 7) is 0. The number of hydrogen-bond donors (Lipinski definition) is 1. The maximum Gasteiger partial charge on any atom is 0.137 e. The van der Waals surface area contributed by atoms with E-state index in [1.54, 1.807) is 6.20 Å². The van der Waals surface area contributed by atoms with Crippen molar-refractivity contribution in [1.82, 2.24) is 4.98 Å². The van der Waals surface area contributed by atoms with Crippen LogP contribution in [0.1, 0.15) is 29.9 Å². The van der Waals surface area contributed by atoms with Gasteiger partial charge in [-0.05, 0) is 59.3 Å². The smallest absolute Gasteiger partial charge is 0.137 e. The molecule has 2 aliphatic rings. The molecule has 1 fully saturated rings. The highest BCUT2D eigenvalue weighted by atomic mass is 127. The van der Waals surface area contributed by atoms with Crippen LogP contribution in [0.25, 0.3) is 0 Å². The lowest BCUT2D eigenvalue weighted by molar-refractivity contribution is 0.279. The van der Waals surface area contributed by atoms with Gasteiger partial charge < -0.3 is 5.11 Å². The predicted molar refractivity (Wildman–Crippen MR) is 57.8 cm³/mol. The Morgan fingerprint density at radius 1 is 1.46 bits per heavy atom. The highest BCUT2D eigenvalue weighted by Crippen LogP contribution is 2.53. The molecule has 3 rings (SSSR count). The second-order valence-corrected chi connectivity index (χ2v) is 5.00. The summed E-state index contributed by atoms with van der Waals surface area (Å²) in [4.78, 5) is 4.21. The van der Waals surface area contributed by atoms with E-state index in [1.165, 1.54) is 24.0 Å². The molecular weight excluding hydrogens is 277 g/mol. The molecule has 13 heavy (non-hydrogen) atoms. The van der Waals surface area contributed by atoms with E-state index in [0.29, 0.717) is 11.7 Å². The molecule has 0 radical (unpaired) electrons. The van der Waals surface area contributed by atoms with E-state index in [1.807, 2.05) is 0 Å². The number of halogens is 1. The average Bonchev–Trinajstić information content (AvgIpc) is 2.33. The SMILES string of the molecule is Oc1cnc(I)c2c1CC1CCC21. The molecule has 1 aromatic rings. The molecule has 3 heteroatoms. The zero-order valence-electron chi connectivity index (χ0n) is 7.13. The van der Waals surface area contributed by atoms with Crippen molar-refractivity contribution in [3.05, 3.63) is 21.0 Å². The van der Waals surface area contributed by atoms with Crippen molar-refractivity contribution in [1.29, 1.82) is 0 Å². The van der Waals surface area contributed by atoms with Gasteiger partial charge in [0.2, 0.25) is 0 Å². The van der Waals surface area contributed by atoms with Crippen LogP contribution >= 0.6 is 22.6 Å². The molecule has 0 bridgehead atoms. The predicted octanol–water partition coefficient (Wildman–Crippen LogP) is 2.44. The van der Waals surface area contributed by atoms with Crippen molar-refractivity contribution < 1.29 is 5.11 Å². The zero-order valence-corrected chi connectivity index (χ0v) is 9.28. The first-order chi connectivity index (χ1) is 6.27. The molecule has 1 heterocycles. The number of aromatic nitrogens is 1. The second-order valence-electron chi connectivity index (χ2n) is 3.97. The molecule has 68 valence electrons. The lowest BCUT2D eigenvalue weighted by atomic mass is 9.75. The molecule has 2 nitrogen and oxygen atoms in total.